The molecule has 0 saturated carbocycles. The van der Waals surface area contributed by atoms with E-state index in [1.54, 1.807) is 14.2 Å². The monoisotopic (exact) mass is 407 g/mol. The number of anilines is 1. The van der Waals surface area contributed by atoms with E-state index in [-0.39, 0.29) is 5.12 Å². The molecule has 1 N–H and O–H groups in total. The number of nitrogens with one attached hydrogen (secondary N) is 1. The molecule has 2 aromatic carbocycles. The molecule has 0 saturated heterocycles. The number of methoxy groups -OCH3 is 2. The van der Waals surface area contributed by atoms with Crippen LogP contribution < -0.4 is 14.8 Å². The highest BCUT2D eigenvalue weighted by atomic mass is 32.2. The predicted molar refractivity (Wildman–Crippen MR) is 114 cm³/mol. The third-order valence-electron chi connectivity index (χ3n) is 4.74. The minimum absolute atomic E-state index is 0.112. The fourth-order valence-electron chi connectivity index (χ4n) is 3.31. The Morgan fingerprint density at radius 1 is 1.03 bits per heavy atom. The predicted octanol–water partition coefficient (Wildman–Crippen LogP) is 3.99. The number of carbonyl (C=O) groups is 1. The summed E-state index contributed by atoms with van der Waals surface area (Å²) in [7, 11) is 3.25. The summed E-state index contributed by atoms with van der Waals surface area (Å²) in [5, 5.41) is 12.2. The van der Waals surface area contributed by atoms with E-state index < -0.39 is 0 Å². The van der Waals surface area contributed by atoms with Crippen LogP contribution in [0, 0.1) is 0 Å². The Morgan fingerprint density at radius 2 is 1.86 bits per heavy atom. The highest BCUT2D eigenvalue weighted by molar-refractivity contribution is 8.13. The average molecular weight is 407 g/mol. The van der Waals surface area contributed by atoms with Crippen molar-refractivity contribution in [3.63, 3.8) is 0 Å². The van der Waals surface area contributed by atoms with E-state index in [0.717, 1.165) is 33.7 Å². The Hall–Kier alpha value is -3.06. The topological polar surface area (TPSA) is 73.3 Å². The molecule has 0 amide bonds. The zero-order chi connectivity index (χ0) is 20.2. The van der Waals surface area contributed by atoms with Gasteiger partial charge in [-0.25, -0.2) is 0 Å². The molecule has 1 aliphatic heterocycles. The van der Waals surface area contributed by atoms with Crippen molar-refractivity contribution in [2.45, 2.75) is 17.7 Å². The third-order valence-corrected chi connectivity index (χ3v) is 5.69. The van der Waals surface area contributed by atoms with Crippen molar-refractivity contribution >= 4 is 22.7 Å². The number of thioether (sulfide) groups is 1. The zero-order valence-electron chi connectivity index (χ0n) is 16.3. The lowest BCUT2D eigenvalue weighted by Gasteiger charge is -2.11. The normalized spacial score (nSPS) is 12.6. The van der Waals surface area contributed by atoms with Crippen LogP contribution >= 0.6 is 11.8 Å². The number of hydrogen-bond donors (Lipinski definition) is 1. The SMILES string of the molecule is COc1ccc(CCNc2cc3c(nn2)-c2ccccc2SC(=O)C3)cc1OC. The Balaban J connectivity index is 1.48. The van der Waals surface area contributed by atoms with Gasteiger partial charge in [0.2, 0.25) is 0 Å². The number of ether oxygens (including phenoxy) is 2. The van der Waals surface area contributed by atoms with Crippen molar-refractivity contribution < 1.29 is 14.3 Å². The first-order chi connectivity index (χ1) is 14.2. The molecule has 2 heterocycles. The first-order valence-corrected chi connectivity index (χ1v) is 10.1. The van der Waals surface area contributed by atoms with Crippen LogP contribution in [-0.4, -0.2) is 36.1 Å². The van der Waals surface area contributed by atoms with Gasteiger partial charge in [-0.05, 0) is 41.8 Å². The van der Waals surface area contributed by atoms with E-state index in [0.29, 0.717) is 30.3 Å². The summed E-state index contributed by atoms with van der Waals surface area (Å²) < 4.78 is 10.6. The van der Waals surface area contributed by atoms with Gasteiger partial charge in [-0.15, -0.1) is 10.2 Å². The lowest BCUT2D eigenvalue weighted by Crippen LogP contribution is -2.09. The zero-order valence-corrected chi connectivity index (χ0v) is 17.1. The van der Waals surface area contributed by atoms with E-state index in [9.17, 15) is 4.79 Å². The van der Waals surface area contributed by atoms with Crippen LogP contribution in [0.1, 0.15) is 11.1 Å². The second-order valence-corrected chi connectivity index (χ2v) is 7.72. The van der Waals surface area contributed by atoms with Gasteiger partial charge in [-0.3, -0.25) is 4.79 Å². The minimum Gasteiger partial charge on any atom is -0.493 e. The van der Waals surface area contributed by atoms with Crippen LogP contribution in [0.2, 0.25) is 0 Å². The molecule has 0 atom stereocenters. The van der Waals surface area contributed by atoms with Crippen LogP contribution in [0.4, 0.5) is 5.82 Å². The van der Waals surface area contributed by atoms with Crippen molar-refractivity contribution in [2.75, 3.05) is 26.1 Å². The maximum Gasteiger partial charge on any atom is 0.198 e. The Labute approximate surface area is 173 Å². The molecule has 3 aromatic rings. The van der Waals surface area contributed by atoms with Crippen molar-refractivity contribution in [2.24, 2.45) is 0 Å². The second kappa shape index (κ2) is 8.53. The molecule has 0 unspecified atom stereocenters. The van der Waals surface area contributed by atoms with Crippen molar-refractivity contribution in [3.8, 4) is 22.8 Å². The molecule has 1 aromatic heterocycles. The highest BCUT2D eigenvalue weighted by Gasteiger charge is 2.21. The molecule has 29 heavy (non-hydrogen) atoms. The highest BCUT2D eigenvalue weighted by Crippen LogP contribution is 2.37. The second-order valence-electron chi connectivity index (χ2n) is 6.62. The number of hydrogen-bond acceptors (Lipinski definition) is 7. The molecule has 0 radical (unpaired) electrons. The number of fused-ring (bicyclic) bond motifs is 3. The molecule has 0 fully saturated rings. The fraction of sp³-hybridized carbons (Fsp3) is 0.227. The van der Waals surface area contributed by atoms with Gasteiger partial charge in [0.1, 0.15) is 5.82 Å². The van der Waals surface area contributed by atoms with Crippen LogP contribution in [0.15, 0.2) is 53.4 Å². The van der Waals surface area contributed by atoms with Gasteiger partial charge in [0.25, 0.3) is 0 Å². The van der Waals surface area contributed by atoms with Crippen molar-refractivity contribution in [1.29, 1.82) is 0 Å². The van der Waals surface area contributed by atoms with Gasteiger partial charge in [0, 0.05) is 23.4 Å². The lowest BCUT2D eigenvalue weighted by molar-refractivity contribution is -0.110. The molecule has 0 aliphatic carbocycles. The van der Waals surface area contributed by atoms with Crippen molar-refractivity contribution in [1.82, 2.24) is 10.2 Å². The van der Waals surface area contributed by atoms with Gasteiger partial charge in [-0.1, -0.05) is 36.0 Å². The Kier molecular flexibility index (Phi) is 5.67. The number of carbonyl (C=O) groups excluding carboxylic acids is 1. The van der Waals surface area contributed by atoms with Crippen LogP contribution in [0.3, 0.4) is 0 Å². The summed E-state index contributed by atoms with van der Waals surface area (Å²) in [5.41, 5.74) is 3.77. The summed E-state index contributed by atoms with van der Waals surface area (Å²) in [6.45, 7) is 0.683. The van der Waals surface area contributed by atoms with Gasteiger partial charge in [-0.2, -0.15) is 0 Å². The number of benzene rings is 2. The van der Waals surface area contributed by atoms with Gasteiger partial charge < -0.3 is 14.8 Å². The van der Waals surface area contributed by atoms with Gasteiger partial charge in [0.15, 0.2) is 16.6 Å². The fourth-order valence-corrected chi connectivity index (χ4v) is 4.21. The molecular weight excluding hydrogens is 386 g/mol. The standard InChI is InChI=1S/C22H21N3O3S/c1-27-17-8-7-14(11-18(17)28-2)9-10-23-20-12-15-13-21(26)29-19-6-4-3-5-16(19)22(15)25-24-20/h3-8,11-12H,9-10,13H2,1-2H3,(H,23,24). The first kappa shape index (κ1) is 19.3. The molecule has 7 heteroatoms. The first-order valence-electron chi connectivity index (χ1n) is 9.29. The molecule has 6 nitrogen and oxygen atoms in total. The number of nitrogens with zero attached hydrogens (tertiary/aromatic N) is 2. The molecule has 1 aliphatic rings. The maximum atomic E-state index is 12.3. The van der Waals surface area contributed by atoms with Crippen LogP contribution in [-0.2, 0) is 17.6 Å². The summed E-state index contributed by atoms with van der Waals surface area (Å²) >= 11 is 1.27. The van der Waals surface area contributed by atoms with Crippen molar-refractivity contribution in [3.05, 3.63) is 59.7 Å². The van der Waals surface area contributed by atoms with E-state index in [1.807, 2.05) is 48.5 Å². The summed E-state index contributed by atoms with van der Waals surface area (Å²) in [5.74, 6) is 2.09. The minimum atomic E-state index is 0.112. The maximum absolute atomic E-state index is 12.3. The largest absolute Gasteiger partial charge is 0.493 e. The molecular formula is C22H21N3O3S. The smallest absolute Gasteiger partial charge is 0.198 e. The summed E-state index contributed by atoms with van der Waals surface area (Å²) in [6, 6.07) is 15.6. The molecule has 4 rings (SSSR count). The average Bonchev–Trinajstić information content (AvgIpc) is 2.88. The summed E-state index contributed by atoms with van der Waals surface area (Å²) in [6.07, 6.45) is 1.13. The number of rotatable bonds is 6. The van der Waals surface area contributed by atoms with E-state index >= 15 is 0 Å². The Bertz CT molecular complexity index is 1060. The molecule has 0 spiro atoms. The molecule has 148 valence electrons. The third kappa shape index (κ3) is 4.19. The summed E-state index contributed by atoms with van der Waals surface area (Å²) in [4.78, 5) is 13.2. The van der Waals surface area contributed by atoms with E-state index in [4.69, 9.17) is 9.47 Å². The lowest BCUT2D eigenvalue weighted by atomic mass is 10.0. The van der Waals surface area contributed by atoms with Gasteiger partial charge >= 0.3 is 0 Å². The molecule has 0 bridgehead atoms. The Morgan fingerprint density at radius 3 is 2.69 bits per heavy atom. The quantitative estimate of drug-likeness (QED) is 0.662. The number of aromatic nitrogens is 2. The van der Waals surface area contributed by atoms with Crippen LogP contribution in [0.5, 0.6) is 11.5 Å². The van der Waals surface area contributed by atoms with E-state index in [2.05, 4.69) is 15.5 Å². The van der Waals surface area contributed by atoms with E-state index in [1.165, 1.54) is 11.8 Å². The van der Waals surface area contributed by atoms with Gasteiger partial charge in [0.05, 0.1) is 19.9 Å². The van der Waals surface area contributed by atoms with Crippen LogP contribution in [0.25, 0.3) is 11.3 Å².